The van der Waals surface area contributed by atoms with Crippen LogP contribution >= 0.6 is 0 Å². The molecule has 100 valence electrons. The molecular formula is C13H19NO4. The summed E-state index contributed by atoms with van der Waals surface area (Å²) >= 11 is 0. The molecule has 5 nitrogen and oxygen atoms in total. The van der Waals surface area contributed by atoms with E-state index in [1.165, 1.54) is 0 Å². The minimum absolute atomic E-state index is 0.182. The molecule has 5 heteroatoms. The van der Waals surface area contributed by atoms with E-state index >= 15 is 0 Å². The van der Waals surface area contributed by atoms with Crippen LogP contribution in [0.2, 0.25) is 0 Å². The fourth-order valence-corrected chi connectivity index (χ4v) is 1.33. The van der Waals surface area contributed by atoms with Crippen molar-refractivity contribution in [1.82, 2.24) is 5.32 Å². The lowest BCUT2D eigenvalue weighted by Gasteiger charge is -2.38. The van der Waals surface area contributed by atoms with Gasteiger partial charge in [0, 0.05) is 0 Å². The van der Waals surface area contributed by atoms with Crippen molar-refractivity contribution < 1.29 is 19.1 Å². The summed E-state index contributed by atoms with van der Waals surface area (Å²) in [7, 11) is 0. The Labute approximate surface area is 106 Å². The van der Waals surface area contributed by atoms with Gasteiger partial charge in [-0.2, -0.15) is 0 Å². The van der Waals surface area contributed by atoms with Crippen LogP contribution in [0.4, 0.5) is 0 Å². The van der Waals surface area contributed by atoms with Crippen molar-refractivity contribution in [2.45, 2.75) is 40.2 Å². The maximum Gasteiger partial charge on any atom is 0.311 e. The zero-order valence-corrected chi connectivity index (χ0v) is 11.3. The number of carboxylic acid groups (broad SMARTS) is 1. The largest absolute Gasteiger partial charge is 0.481 e. The number of rotatable bonds is 4. The molecule has 0 unspecified atom stereocenters. The Kier molecular flexibility index (Phi) is 3.55. The van der Waals surface area contributed by atoms with E-state index in [1.54, 1.807) is 46.8 Å². The predicted octanol–water partition coefficient (Wildman–Crippen LogP) is 2.21. The van der Waals surface area contributed by atoms with Crippen molar-refractivity contribution in [3.63, 3.8) is 0 Å². The number of hydrogen-bond acceptors (Lipinski definition) is 3. The Hall–Kier alpha value is -1.78. The number of amides is 1. The zero-order valence-electron chi connectivity index (χ0n) is 11.3. The van der Waals surface area contributed by atoms with Crippen LogP contribution in [-0.2, 0) is 4.79 Å². The molecule has 18 heavy (non-hydrogen) atoms. The third kappa shape index (κ3) is 2.55. The third-order valence-corrected chi connectivity index (χ3v) is 3.49. The fraction of sp³-hybridized carbons (Fsp3) is 0.538. The second-order valence-electron chi connectivity index (χ2n) is 5.42. The number of furan rings is 1. The van der Waals surface area contributed by atoms with Crippen molar-refractivity contribution in [3.8, 4) is 0 Å². The molecule has 1 aromatic heterocycles. The Morgan fingerprint density at radius 3 is 2.17 bits per heavy atom. The molecule has 0 saturated heterocycles. The van der Waals surface area contributed by atoms with Gasteiger partial charge in [0.15, 0.2) is 5.76 Å². The van der Waals surface area contributed by atoms with Crippen LogP contribution in [0.25, 0.3) is 0 Å². The average Bonchev–Trinajstić information content (AvgIpc) is 2.63. The number of aliphatic carboxylic acids is 1. The number of aryl methyl sites for hydroxylation is 1. The Morgan fingerprint density at radius 1 is 1.22 bits per heavy atom. The van der Waals surface area contributed by atoms with E-state index in [9.17, 15) is 14.7 Å². The predicted molar refractivity (Wildman–Crippen MR) is 66.4 cm³/mol. The minimum Gasteiger partial charge on any atom is -0.481 e. The van der Waals surface area contributed by atoms with Crippen molar-refractivity contribution in [2.24, 2.45) is 5.41 Å². The molecular weight excluding hydrogens is 234 g/mol. The number of nitrogens with one attached hydrogen (secondary N) is 1. The Morgan fingerprint density at radius 2 is 1.78 bits per heavy atom. The number of carboxylic acids is 1. The summed E-state index contributed by atoms with van der Waals surface area (Å²) in [6, 6.07) is 3.25. The number of carbonyl (C=O) groups is 2. The van der Waals surface area contributed by atoms with E-state index in [0.29, 0.717) is 5.76 Å². The lowest BCUT2D eigenvalue weighted by molar-refractivity contribution is -0.150. The van der Waals surface area contributed by atoms with Gasteiger partial charge in [-0.1, -0.05) is 0 Å². The van der Waals surface area contributed by atoms with E-state index in [4.69, 9.17) is 4.42 Å². The van der Waals surface area contributed by atoms with Crippen LogP contribution in [0.3, 0.4) is 0 Å². The first kappa shape index (κ1) is 14.3. The van der Waals surface area contributed by atoms with Crippen LogP contribution in [0.5, 0.6) is 0 Å². The highest BCUT2D eigenvalue weighted by molar-refractivity contribution is 5.92. The molecule has 0 atom stereocenters. The summed E-state index contributed by atoms with van der Waals surface area (Å²) in [5, 5.41) is 11.9. The first-order chi connectivity index (χ1) is 8.08. The summed E-state index contributed by atoms with van der Waals surface area (Å²) in [6.45, 7) is 8.23. The summed E-state index contributed by atoms with van der Waals surface area (Å²) in [4.78, 5) is 23.2. The van der Waals surface area contributed by atoms with E-state index < -0.39 is 22.8 Å². The normalized spacial score (nSPS) is 12.3. The third-order valence-electron chi connectivity index (χ3n) is 3.49. The second kappa shape index (κ2) is 4.48. The molecule has 1 rings (SSSR count). The van der Waals surface area contributed by atoms with E-state index in [0.717, 1.165) is 0 Å². The summed E-state index contributed by atoms with van der Waals surface area (Å²) < 4.78 is 5.20. The van der Waals surface area contributed by atoms with Crippen LogP contribution in [0.1, 0.15) is 44.0 Å². The van der Waals surface area contributed by atoms with E-state index in [-0.39, 0.29) is 5.76 Å². The quantitative estimate of drug-likeness (QED) is 0.862. The maximum atomic E-state index is 11.9. The van der Waals surface area contributed by atoms with Crippen molar-refractivity contribution in [1.29, 1.82) is 0 Å². The molecule has 1 amide bonds. The Bertz CT molecular complexity index is 471. The van der Waals surface area contributed by atoms with Crippen LogP contribution in [0, 0.1) is 12.3 Å². The molecule has 0 saturated carbocycles. The van der Waals surface area contributed by atoms with Gasteiger partial charge in [0.25, 0.3) is 5.91 Å². The molecule has 0 aliphatic rings. The molecule has 0 bridgehead atoms. The molecule has 0 aliphatic carbocycles. The topological polar surface area (TPSA) is 79.5 Å². The van der Waals surface area contributed by atoms with Gasteiger partial charge >= 0.3 is 5.97 Å². The zero-order chi connectivity index (χ0) is 14.1. The first-order valence-corrected chi connectivity index (χ1v) is 5.70. The second-order valence-corrected chi connectivity index (χ2v) is 5.42. The van der Waals surface area contributed by atoms with E-state index in [1.807, 2.05) is 0 Å². The number of carbonyl (C=O) groups excluding carboxylic acids is 1. The molecule has 0 aliphatic heterocycles. The van der Waals surface area contributed by atoms with Crippen LogP contribution in [-0.4, -0.2) is 22.5 Å². The van der Waals surface area contributed by atoms with Crippen molar-refractivity contribution in [3.05, 3.63) is 23.7 Å². The van der Waals surface area contributed by atoms with Gasteiger partial charge in [-0.25, -0.2) is 0 Å². The highest BCUT2D eigenvalue weighted by atomic mass is 16.4. The summed E-state index contributed by atoms with van der Waals surface area (Å²) in [5.74, 6) is -0.567. The lowest BCUT2D eigenvalue weighted by Crippen LogP contribution is -2.56. The van der Waals surface area contributed by atoms with Gasteiger partial charge in [-0.3, -0.25) is 9.59 Å². The van der Waals surface area contributed by atoms with Crippen LogP contribution in [0.15, 0.2) is 16.5 Å². The van der Waals surface area contributed by atoms with Gasteiger partial charge in [-0.15, -0.1) is 0 Å². The van der Waals surface area contributed by atoms with Gasteiger partial charge < -0.3 is 14.8 Å². The van der Waals surface area contributed by atoms with Gasteiger partial charge in [0.2, 0.25) is 0 Å². The molecule has 0 fully saturated rings. The van der Waals surface area contributed by atoms with Gasteiger partial charge in [0.1, 0.15) is 5.76 Å². The lowest BCUT2D eigenvalue weighted by atomic mass is 9.74. The molecule has 1 heterocycles. The molecule has 0 radical (unpaired) electrons. The highest BCUT2D eigenvalue weighted by Gasteiger charge is 2.44. The summed E-state index contributed by atoms with van der Waals surface area (Å²) in [5.41, 5.74) is -2.00. The minimum atomic E-state index is -1.09. The van der Waals surface area contributed by atoms with Crippen molar-refractivity contribution in [2.75, 3.05) is 0 Å². The monoisotopic (exact) mass is 253 g/mol. The highest BCUT2D eigenvalue weighted by Crippen LogP contribution is 2.31. The first-order valence-electron chi connectivity index (χ1n) is 5.70. The van der Waals surface area contributed by atoms with Gasteiger partial charge in [0.05, 0.1) is 11.0 Å². The molecule has 1 aromatic rings. The summed E-state index contributed by atoms with van der Waals surface area (Å²) in [6.07, 6.45) is 0. The SMILES string of the molecule is Cc1ccc(C(=O)NC(C)(C)C(C)(C)C(=O)O)o1. The van der Waals surface area contributed by atoms with E-state index in [2.05, 4.69) is 5.32 Å². The standard InChI is InChI=1S/C13H19NO4/c1-8-6-7-9(18-8)10(15)14-13(4,5)12(2,3)11(16)17/h6-7H,1-5H3,(H,14,15)(H,16,17). The Balaban J connectivity index is 2.90. The van der Waals surface area contributed by atoms with Crippen molar-refractivity contribution >= 4 is 11.9 Å². The van der Waals surface area contributed by atoms with Crippen LogP contribution < -0.4 is 5.32 Å². The smallest absolute Gasteiger partial charge is 0.311 e. The molecule has 0 aromatic carbocycles. The fourth-order valence-electron chi connectivity index (χ4n) is 1.33. The number of hydrogen-bond donors (Lipinski definition) is 2. The average molecular weight is 253 g/mol. The molecule has 0 spiro atoms. The molecule has 2 N–H and O–H groups in total. The maximum absolute atomic E-state index is 11.9. The van der Waals surface area contributed by atoms with Gasteiger partial charge in [-0.05, 0) is 46.8 Å².